The molecule has 1 aliphatic rings. The van der Waals surface area contributed by atoms with E-state index in [1.807, 2.05) is 6.92 Å². The average Bonchev–Trinajstić information content (AvgIpc) is 3.06. The van der Waals surface area contributed by atoms with Gasteiger partial charge in [0.15, 0.2) is 5.37 Å². The van der Waals surface area contributed by atoms with Crippen molar-refractivity contribution in [1.82, 2.24) is 16.2 Å². The zero-order valence-electron chi connectivity index (χ0n) is 13.8. The summed E-state index contributed by atoms with van der Waals surface area (Å²) in [6, 6.07) is 6.53. The Balaban J connectivity index is 2.04. The maximum atomic E-state index is 12.6. The van der Waals surface area contributed by atoms with Crippen LogP contribution in [0.2, 0.25) is 0 Å². The Hall–Kier alpha value is -1.84. The summed E-state index contributed by atoms with van der Waals surface area (Å²) in [5, 5.41) is 1.74. The molecule has 8 nitrogen and oxygen atoms in total. The third-order valence-corrected chi connectivity index (χ3v) is 5.42. The van der Waals surface area contributed by atoms with E-state index in [9.17, 15) is 13.2 Å². The maximum Gasteiger partial charge on any atom is 0.250 e. The summed E-state index contributed by atoms with van der Waals surface area (Å²) >= 11 is 0. The maximum absolute atomic E-state index is 12.6. The summed E-state index contributed by atoms with van der Waals surface area (Å²) < 4.78 is 32.7. The quantitative estimate of drug-likeness (QED) is 0.502. The molecule has 0 bridgehead atoms. The number of benzene rings is 1. The Morgan fingerprint density at radius 1 is 1.33 bits per heavy atom. The lowest BCUT2D eigenvalue weighted by atomic mass is 10.1. The number of nitrogens with one attached hydrogen (secondary N) is 4. The van der Waals surface area contributed by atoms with Crippen molar-refractivity contribution in [3.63, 3.8) is 0 Å². The van der Waals surface area contributed by atoms with Crippen LogP contribution in [-0.2, 0) is 14.8 Å². The summed E-state index contributed by atoms with van der Waals surface area (Å²) in [6.45, 7) is 2.83. The van der Waals surface area contributed by atoms with Gasteiger partial charge in [0.05, 0.1) is 13.0 Å². The summed E-state index contributed by atoms with van der Waals surface area (Å²) in [4.78, 5) is 12.2. The van der Waals surface area contributed by atoms with Crippen molar-refractivity contribution in [2.24, 2.45) is 5.92 Å². The second-order valence-corrected chi connectivity index (χ2v) is 7.37. The van der Waals surface area contributed by atoms with Gasteiger partial charge in [-0.25, -0.2) is 13.8 Å². The van der Waals surface area contributed by atoms with Crippen molar-refractivity contribution in [3.8, 4) is 5.75 Å². The van der Waals surface area contributed by atoms with E-state index < -0.39 is 21.3 Å². The number of anilines is 1. The van der Waals surface area contributed by atoms with Gasteiger partial charge in [-0.05, 0) is 30.7 Å². The minimum absolute atomic E-state index is 0.256. The van der Waals surface area contributed by atoms with Gasteiger partial charge < -0.3 is 10.1 Å². The van der Waals surface area contributed by atoms with Crippen molar-refractivity contribution < 1.29 is 17.9 Å². The number of ether oxygens (including phenoxy) is 1. The van der Waals surface area contributed by atoms with Gasteiger partial charge in [0, 0.05) is 18.8 Å². The number of rotatable bonds is 8. The molecule has 0 aromatic heterocycles. The summed E-state index contributed by atoms with van der Waals surface area (Å²) in [6.07, 6.45) is 1.82. The second-order valence-electron chi connectivity index (χ2n) is 5.57. The van der Waals surface area contributed by atoms with Crippen LogP contribution < -0.4 is 25.6 Å². The fraction of sp³-hybridized carbons (Fsp3) is 0.533. The van der Waals surface area contributed by atoms with E-state index >= 15 is 0 Å². The molecule has 24 heavy (non-hydrogen) atoms. The first-order valence-corrected chi connectivity index (χ1v) is 9.44. The van der Waals surface area contributed by atoms with Crippen LogP contribution in [-0.4, -0.2) is 39.9 Å². The topological polar surface area (TPSA) is 109 Å². The highest BCUT2D eigenvalue weighted by Gasteiger charge is 2.41. The van der Waals surface area contributed by atoms with Gasteiger partial charge in [-0.2, -0.15) is 0 Å². The molecule has 1 fully saturated rings. The number of carbonyl (C=O) groups excluding carboxylic acids is 1. The van der Waals surface area contributed by atoms with Crippen molar-refractivity contribution in [3.05, 3.63) is 24.3 Å². The van der Waals surface area contributed by atoms with Crippen LogP contribution >= 0.6 is 0 Å². The predicted molar refractivity (Wildman–Crippen MR) is 91.9 cm³/mol. The number of unbranched alkanes of at least 4 members (excludes halogenated alkanes) is 1. The van der Waals surface area contributed by atoms with Crippen LogP contribution in [0.15, 0.2) is 24.3 Å². The van der Waals surface area contributed by atoms with Gasteiger partial charge in [-0.1, -0.05) is 13.3 Å². The van der Waals surface area contributed by atoms with Crippen LogP contribution in [0.3, 0.4) is 0 Å². The van der Waals surface area contributed by atoms with Gasteiger partial charge in [0.25, 0.3) is 10.0 Å². The molecular weight excluding hydrogens is 332 g/mol. The van der Waals surface area contributed by atoms with Crippen molar-refractivity contribution in [2.45, 2.75) is 25.1 Å². The lowest BCUT2D eigenvalue weighted by molar-refractivity contribution is -0.124. The number of hydrogen-bond donors (Lipinski definition) is 4. The van der Waals surface area contributed by atoms with Gasteiger partial charge >= 0.3 is 0 Å². The first kappa shape index (κ1) is 18.5. The Labute approximate surface area is 142 Å². The summed E-state index contributed by atoms with van der Waals surface area (Å²) in [7, 11) is -2.25. The first-order valence-electron chi connectivity index (χ1n) is 7.89. The largest absolute Gasteiger partial charge is 0.497 e. The van der Waals surface area contributed by atoms with Crippen molar-refractivity contribution in [2.75, 3.05) is 24.9 Å². The van der Waals surface area contributed by atoms with E-state index in [1.165, 1.54) is 7.11 Å². The summed E-state index contributed by atoms with van der Waals surface area (Å²) in [5.74, 6) is -0.338. The molecule has 4 N–H and O–H groups in total. The molecule has 1 aromatic carbocycles. The van der Waals surface area contributed by atoms with Crippen LogP contribution in [0.25, 0.3) is 0 Å². The van der Waals surface area contributed by atoms with Gasteiger partial charge in [0.1, 0.15) is 5.75 Å². The van der Waals surface area contributed by atoms with Crippen molar-refractivity contribution >= 4 is 21.6 Å². The van der Waals surface area contributed by atoms with E-state index in [0.717, 1.165) is 12.8 Å². The highest BCUT2D eigenvalue weighted by molar-refractivity contribution is 7.93. The molecule has 1 heterocycles. The Morgan fingerprint density at radius 2 is 2.04 bits per heavy atom. The molecule has 1 saturated heterocycles. The molecule has 0 saturated carbocycles. The number of carbonyl (C=O) groups is 1. The van der Waals surface area contributed by atoms with Crippen LogP contribution in [0.4, 0.5) is 5.69 Å². The van der Waals surface area contributed by atoms with Gasteiger partial charge in [-0.3, -0.25) is 14.9 Å². The first-order chi connectivity index (χ1) is 11.5. The standard InChI is InChI=1S/C15H24N4O4S/c1-3-4-9-16-14(20)13-10-17-18-15(13)24(21,22)19-11-5-7-12(23-2)8-6-11/h5-8,13,15,17-19H,3-4,9-10H2,1-2H3,(H,16,20). The third kappa shape index (κ3) is 4.59. The van der Waals surface area contributed by atoms with Gasteiger partial charge in [-0.15, -0.1) is 0 Å². The number of hydrogen-bond acceptors (Lipinski definition) is 6. The number of amides is 1. The molecule has 0 spiro atoms. The average molecular weight is 356 g/mol. The fourth-order valence-electron chi connectivity index (χ4n) is 2.41. The smallest absolute Gasteiger partial charge is 0.250 e. The molecular formula is C15H24N4O4S. The molecule has 134 valence electrons. The highest BCUT2D eigenvalue weighted by Crippen LogP contribution is 2.20. The molecule has 1 amide bonds. The molecule has 1 aliphatic heterocycles. The number of hydrazine groups is 1. The predicted octanol–water partition coefficient (Wildman–Crippen LogP) is 0.403. The van der Waals surface area contributed by atoms with Gasteiger partial charge in [0.2, 0.25) is 5.91 Å². The molecule has 2 atom stereocenters. The minimum atomic E-state index is -3.78. The van der Waals surface area contributed by atoms with E-state index in [2.05, 4.69) is 20.9 Å². The van der Waals surface area contributed by atoms with E-state index in [0.29, 0.717) is 18.0 Å². The van der Waals surface area contributed by atoms with Crippen LogP contribution in [0.1, 0.15) is 19.8 Å². The Morgan fingerprint density at radius 3 is 2.67 bits per heavy atom. The third-order valence-electron chi connectivity index (χ3n) is 3.78. The molecule has 2 rings (SSSR count). The molecule has 2 unspecified atom stereocenters. The molecule has 9 heteroatoms. The molecule has 1 aromatic rings. The monoisotopic (exact) mass is 356 g/mol. The number of sulfonamides is 1. The fourth-order valence-corrected chi connectivity index (χ4v) is 3.89. The number of methoxy groups -OCH3 is 1. The summed E-state index contributed by atoms with van der Waals surface area (Å²) in [5.41, 5.74) is 5.84. The molecule has 0 aliphatic carbocycles. The Kier molecular flexibility index (Phi) is 6.41. The van der Waals surface area contributed by atoms with Crippen LogP contribution in [0.5, 0.6) is 5.75 Å². The van der Waals surface area contributed by atoms with Crippen molar-refractivity contribution in [1.29, 1.82) is 0 Å². The SMILES string of the molecule is CCCCNC(=O)C1CNNC1S(=O)(=O)Nc1ccc(OC)cc1. The van der Waals surface area contributed by atoms with E-state index in [1.54, 1.807) is 24.3 Å². The lowest BCUT2D eigenvalue weighted by Crippen LogP contribution is -2.46. The minimum Gasteiger partial charge on any atom is -0.497 e. The van der Waals surface area contributed by atoms with E-state index in [-0.39, 0.29) is 12.5 Å². The Bertz CT molecular complexity index is 648. The lowest BCUT2D eigenvalue weighted by Gasteiger charge is -2.19. The normalized spacial score (nSPS) is 20.6. The second kappa shape index (κ2) is 8.32. The molecule has 0 radical (unpaired) electrons. The highest BCUT2D eigenvalue weighted by atomic mass is 32.2. The van der Waals surface area contributed by atoms with E-state index in [4.69, 9.17) is 4.74 Å². The zero-order chi connectivity index (χ0) is 17.6. The van der Waals surface area contributed by atoms with Crippen LogP contribution in [0, 0.1) is 5.92 Å². The zero-order valence-corrected chi connectivity index (χ0v) is 14.7.